The molecule has 0 atom stereocenters. The molecule has 0 radical (unpaired) electrons. The monoisotopic (exact) mass is 252 g/mol. The zero-order valence-corrected chi connectivity index (χ0v) is 10.2. The van der Waals surface area contributed by atoms with Crippen molar-refractivity contribution in [1.29, 1.82) is 0 Å². The molecule has 19 heavy (non-hydrogen) atoms. The first-order chi connectivity index (χ1) is 9.24. The highest BCUT2D eigenvalue weighted by Crippen LogP contribution is 2.12. The van der Waals surface area contributed by atoms with Gasteiger partial charge in [-0.25, -0.2) is 4.98 Å². The molecular formula is C14H12N4O. The van der Waals surface area contributed by atoms with E-state index in [2.05, 4.69) is 9.97 Å². The maximum atomic E-state index is 12.0. The molecule has 5 nitrogen and oxygen atoms in total. The van der Waals surface area contributed by atoms with Crippen LogP contribution in [0.3, 0.4) is 0 Å². The van der Waals surface area contributed by atoms with Gasteiger partial charge >= 0.3 is 0 Å². The Labute approximate surface area is 109 Å². The van der Waals surface area contributed by atoms with Gasteiger partial charge in [0.2, 0.25) is 0 Å². The summed E-state index contributed by atoms with van der Waals surface area (Å²) in [6.07, 6.45) is 3.08. The third kappa shape index (κ3) is 2.18. The van der Waals surface area contributed by atoms with Gasteiger partial charge in [-0.3, -0.25) is 9.78 Å². The lowest BCUT2D eigenvalue weighted by atomic mass is 10.2. The molecule has 0 spiro atoms. The Morgan fingerprint density at radius 3 is 2.68 bits per heavy atom. The van der Waals surface area contributed by atoms with E-state index in [1.165, 1.54) is 6.20 Å². The van der Waals surface area contributed by atoms with Gasteiger partial charge in [-0.2, -0.15) is 0 Å². The van der Waals surface area contributed by atoms with Crippen molar-refractivity contribution in [2.45, 2.75) is 6.54 Å². The van der Waals surface area contributed by atoms with Gasteiger partial charge in [0.1, 0.15) is 5.82 Å². The van der Waals surface area contributed by atoms with Crippen LogP contribution in [0.2, 0.25) is 0 Å². The molecule has 0 bridgehead atoms. The molecule has 2 N–H and O–H groups in total. The molecule has 3 aromatic rings. The second-order valence-corrected chi connectivity index (χ2v) is 4.25. The normalized spacial score (nSPS) is 10.7. The minimum atomic E-state index is -0.0580. The fourth-order valence-corrected chi connectivity index (χ4v) is 2.02. The van der Waals surface area contributed by atoms with Crippen molar-refractivity contribution >= 4 is 16.7 Å². The van der Waals surface area contributed by atoms with Gasteiger partial charge in [0, 0.05) is 6.07 Å². The van der Waals surface area contributed by atoms with E-state index >= 15 is 0 Å². The summed E-state index contributed by atoms with van der Waals surface area (Å²) >= 11 is 0. The molecule has 0 aliphatic carbocycles. The molecule has 0 saturated carbocycles. The predicted molar refractivity (Wildman–Crippen MR) is 73.8 cm³/mol. The molecule has 0 fully saturated rings. The standard InChI is InChI=1S/C14H12N4O/c15-13-8-16-11(7-17-13)9-18-12-4-2-1-3-10(12)5-6-14(18)19/h1-8H,9H2,(H2,15,17). The maximum absolute atomic E-state index is 12.0. The number of hydrogen-bond donors (Lipinski definition) is 1. The molecule has 0 saturated heterocycles. The van der Waals surface area contributed by atoms with Crippen molar-refractivity contribution in [2.24, 2.45) is 0 Å². The second kappa shape index (κ2) is 4.53. The number of nitrogens with two attached hydrogens (primary N) is 1. The minimum absolute atomic E-state index is 0.0580. The Morgan fingerprint density at radius 2 is 1.89 bits per heavy atom. The number of aromatic nitrogens is 3. The fourth-order valence-electron chi connectivity index (χ4n) is 2.02. The van der Waals surface area contributed by atoms with Crippen LogP contribution in [0.15, 0.2) is 53.6 Å². The molecule has 2 heterocycles. The molecule has 94 valence electrons. The average Bonchev–Trinajstić information content (AvgIpc) is 2.44. The Morgan fingerprint density at radius 1 is 1.05 bits per heavy atom. The highest BCUT2D eigenvalue weighted by atomic mass is 16.1. The van der Waals surface area contributed by atoms with Gasteiger partial charge in [0.25, 0.3) is 5.56 Å². The van der Waals surface area contributed by atoms with Gasteiger partial charge in [0.05, 0.1) is 30.1 Å². The molecule has 0 unspecified atom stereocenters. The largest absolute Gasteiger partial charge is 0.382 e. The van der Waals surface area contributed by atoms with Crippen LogP contribution in [0.25, 0.3) is 10.9 Å². The van der Waals surface area contributed by atoms with Crippen LogP contribution in [-0.4, -0.2) is 14.5 Å². The maximum Gasteiger partial charge on any atom is 0.251 e. The summed E-state index contributed by atoms with van der Waals surface area (Å²) in [5.41, 5.74) is 7.02. The van der Waals surface area contributed by atoms with Crippen LogP contribution < -0.4 is 11.3 Å². The van der Waals surface area contributed by atoms with Gasteiger partial charge in [-0.15, -0.1) is 0 Å². The van der Waals surface area contributed by atoms with Crippen LogP contribution in [0.4, 0.5) is 5.82 Å². The number of anilines is 1. The average molecular weight is 252 g/mol. The van der Waals surface area contributed by atoms with Gasteiger partial charge < -0.3 is 10.3 Å². The third-order valence-corrected chi connectivity index (χ3v) is 2.94. The number of rotatable bonds is 2. The van der Waals surface area contributed by atoms with Crippen LogP contribution in [0, 0.1) is 0 Å². The second-order valence-electron chi connectivity index (χ2n) is 4.25. The van der Waals surface area contributed by atoms with Crippen LogP contribution in [0.5, 0.6) is 0 Å². The van der Waals surface area contributed by atoms with Gasteiger partial charge in [-0.1, -0.05) is 18.2 Å². The van der Waals surface area contributed by atoms with E-state index in [0.29, 0.717) is 18.1 Å². The molecule has 5 heteroatoms. The summed E-state index contributed by atoms with van der Waals surface area (Å²) in [7, 11) is 0. The van der Waals surface area contributed by atoms with Crippen LogP contribution in [-0.2, 0) is 6.54 Å². The number of nitrogens with zero attached hydrogens (tertiary/aromatic N) is 3. The fraction of sp³-hybridized carbons (Fsp3) is 0.0714. The van der Waals surface area contributed by atoms with E-state index < -0.39 is 0 Å². The first kappa shape index (κ1) is 11.4. The third-order valence-electron chi connectivity index (χ3n) is 2.94. The van der Waals surface area contributed by atoms with E-state index in [4.69, 9.17) is 5.73 Å². The number of benzene rings is 1. The van der Waals surface area contributed by atoms with Crippen molar-refractivity contribution in [3.8, 4) is 0 Å². The first-order valence-electron chi connectivity index (χ1n) is 5.89. The van der Waals surface area contributed by atoms with E-state index in [0.717, 1.165) is 10.9 Å². The highest BCUT2D eigenvalue weighted by molar-refractivity contribution is 5.78. The van der Waals surface area contributed by atoms with Crippen molar-refractivity contribution in [3.05, 3.63) is 64.8 Å². The van der Waals surface area contributed by atoms with Crippen LogP contribution in [0.1, 0.15) is 5.69 Å². The highest BCUT2D eigenvalue weighted by Gasteiger charge is 2.04. The smallest absolute Gasteiger partial charge is 0.251 e. The SMILES string of the molecule is Nc1cnc(Cn2c(=O)ccc3ccccc32)cn1. The first-order valence-corrected chi connectivity index (χ1v) is 5.89. The summed E-state index contributed by atoms with van der Waals surface area (Å²) in [6.45, 7) is 0.382. The number of nitrogen functional groups attached to an aromatic ring is 1. The van der Waals surface area contributed by atoms with Gasteiger partial charge in [0.15, 0.2) is 0 Å². The van der Waals surface area contributed by atoms with Crippen molar-refractivity contribution < 1.29 is 0 Å². The van der Waals surface area contributed by atoms with E-state index in [-0.39, 0.29) is 5.56 Å². The number of fused-ring (bicyclic) bond motifs is 1. The van der Waals surface area contributed by atoms with Crippen molar-refractivity contribution in [2.75, 3.05) is 5.73 Å². The summed E-state index contributed by atoms with van der Waals surface area (Å²) < 4.78 is 1.68. The minimum Gasteiger partial charge on any atom is -0.382 e. The summed E-state index contributed by atoms with van der Waals surface area (Å²) in [5, 5.41) is 1.02. The summed E-state index contributed by atoms with van der Waals surface area (Å²) in [5.74, 6) is 0.369. The quantitative estimate of drug-likeness (QED) is 0.748. The zero-order valence-electron chi connectivity index (χ0n) is 10.2. The molecule has 2 aromatic heterocycles. The zero-order chi connectivity index (χ0) is 13.2. The van der Waals surface area contributed by atoms with Gasteiger partial charge in [-0.05, 0) is 17.5 Å². The number of para-hydroxylation sites is 1. The lowest BCUT2D eigenvalue weighted by Crippen LogP contribution is -2.20. The lowest BCUT2D eigenvalue weighted by Gasteiger charge is -2.09. The summed E-state index contributed by atoms with van der Waals surface area (Å²) in [6, 6.07) is 11.1. The Hall–Kier alpha value is -2.69. The lowest BCUT2D eigenvalue weighted by molar-refractivity contribution is 0.766. The molecule has 0 aliphatic heterocycles. The van der Waals surface area contributed by atoms with E-state index in [1.54, 1.807) is 16.8 Å². The number of pyridine rings is 1. The molecular weight excluding hydrogens is 240 g/mol. The molecule has 0 amide bonds. The molecule has 0 aliphatic rings. The Kier molecular flexibility index (Phi) is 2.72. The van der Waals surface area contributed by atoms with Crippen LogP contribution >= 0.6 is 0 Å². The molecule has 1 aromatic carbocycles. The summed E-state index contributed by atoms with van der Waals surface area (Å²) in [4.78, 5) is 20.2. The van der Waals surface area contributed by atoms with Crippen molar-refractivity contribution in [1.82, 2.24) is 14.5 Å². The Balaban J connectivity index is 2.12. The van der Waals surface area contributed by atoms with E-state index in [9.17, 15) is 4.79 Å². The Bertz CT molecular complexity index is 777. The molecule has 3 rings (SSSR count). The van der Waals surface area contributed by atoms with Crippen molar-refractivity contribution in [3.63, 3.8) is 0 Å². The van der Waals surface area contributed by atoms with E-state index in [1.807, 2.05) is 30.3 Å². The number of hydrogen-bond acceptors (Lipinski definition) is 4. The topological polar surface area (TPSA) is 73.8 Å². The predicted octanol–water partition coefficient (Wildman–Crippen LogP) is 1.42.